The Labute approximate surface area is 171 Å². The number of ether oxygens (including phenoxy) is 2. The molecule has 0 atom stereocenters. The highest BCUT2D eigenvalue weighted by Gasteiger charge is 2.05. The van der Waals surface area contributed by atoms with Crippen LogP contribution in [-0.2, 0) is 11.2 Å². The van der Waals surface area contributed by atoms with Crippen LogP contribution in [0.4, 0.5) is 0 Å². The lowest BCUT2D eigenvalue weighted by Crippen LogP contribution is -2.30. The first kappa shape index (κ1) is 20.5. The lowest BCUT2D eigenvalue weighted by Gasteiger charge is -2.09. The molecule has 0 aliphatic carbocycles. The molecule has 152 valence electrons. The van der Waals surface area contributed by atoms with Gasteiger partial charge >= 0.3 is 0 Å². The largest absolute Gasteiger partial charge is 0.494 e. The molecule has 0 aliphatic heterocycles. The second-order valence-corrected chi connectivity index (χ2v) is 6.80. The molecule has 2 aromatic carbocycles. The van der Waals surface area contributed by atoms with Gasteiger partial charge in [-0.05, 0) is 75.2 Å². The third-order valence-corrected chi connectivity index (χ3v) is 4.43. The summed E-state index contributed by atoms with van der Waals surface area (Å²) < 4.78 is 12.8. The van der Waals surface area contributed by atoms with Crippen molar-refractivity contribution in [3.63, 3.8) is 0 Å². The van der Waals surface area contributed by atoms with Gasteiger partial charge in [0.1, 0.15) is 11.5 Å². The van der Waals surface area contributed by atoms with Crippen LogP contribution in [0.5, 0.6) is 11.5 Å². The summed E-state index contributed by atoms with van der Waals surface area (Å²) in [5, 5.41) is 7.38. The van der Waals surface area contributed by atoms with Crippen LogP contribution in [-0.4, -0.2) is 35.4 Å². The highest BCUT2D eigenvalue weighted by molar-refractivity contribution is 5.77. The second-order valence-electron chi connectivity index (χ2n) is 6.80. The van der Waals surface area contributed by atoms with Crippen LogP contribution in [0.1, 0.15) is 23.9 Å². The molecule has 0 saturated carbocycles. The second kappa shape index (κ2) is 9.78. The Morgan fingerprint density at radius 1 is 1.00 bits per heavy atom. The van der Waals surface area contributed by atoms with Gasteiger partial charge in [-0.1, -0.05) is 12.1 Å². The van der Waals surface area contributed by atoms with Gasteiger partial charge in [0.25, 0.3) is 5.91 Å². The molecule has 0 aliphatic rings. The lowest BCUT2D eigenvalue weighted by molar-refractivity contribution is -0.123. The monoisotopic (exact) mass is 393 g/mol. The van der Waals surface area contributed by atoms with Crippen LogP contribution < -0.4 is 14.8 Å². The fourth-order valence-electron chi connectivity index (χ4n) is 3.04. The fourth-order valence-corrected chi connectivity index (χ4v) is 3.04. The zero-order valence-corrected chi connectivity index (χ0v) is 17.1. The Morgan fingerprint density at radius 2 is 1.66 bits per heavy atom. The summed E-state index contributed by atoms with van der Waals surface area (Å²) in [6, 6.07) is 17.5. The molecule has 29 heavy (non-hydrogen) atoms. The van der Waals surface area contributed by atoms with Crippen molar-refractivity contribution in [2.24, 2.45) is 0 Å². The highest BCUT2D eigenvalue weighted by atomic mass is 16.5. The van der Waals surface area contributed by atoms with E-state index in [-0.39, 0.29) is 12.5 Å². The first-order valence-electron chi connectivity index (χ1n) is 9.80. The minimum Gasteiger partial charge on any atom is -0.494 e. The van der Waals surface area contributed by atoms with Gasteiger partial charge < -0.3 is 14.8 Å². The van der Waals surface area contributed by atoms with E-state index in [0.717, 1.165) is 34.8 Å². The van der Waals surface area contributed by atoms with Crippen molar-refractivity contribution in [1.29, 1.82) is 0 Å². The number of rotatable bonds is 9. The Kier molecular flexibility index (Phi) is 6.89. The van der Waals surface area contributed by atoms with Crippen molar-refractivity contribution in [2.45, 2.75) is 27.2 Å². The molecule has 0 saturated heterocycles. The molecule has 6 nitrogen and oxygen atoms in total. The minimum absolute atomic E-state index is 0.00908. The van der Waals surface area contributed by atoms with Gasteiger partial charge in [0.15, 0.2) is 6.61 Å². The van der Waals surface area contributed by atoms with Gasteiger partial charge in [-0.15, -0.1) is 0 Å². The molecule has 0 bridgehead atoms. The van der Waals surface area contributed by atoms with E-state index in [1.807, 2.05) is 49.7 Å². The van der Waals surface area contributed by atoms with Crippen molar-refractivity contribution in [2.75, 3.05) is 19.8 Å². The highest BCUT2D eigenvalue weighted by Crippen LogP contribution is 2.17. The first-order chi connectivity index (χ1) is 14.0. The van der Waals surface area contributed by atoms with Crippen LogP contribution in [0.2, 0.25) is 0 Å². The summed E-state index contributed by atoms with van der Waals surface area (Å²) in [6.07, 6.45) is 0.756. The predicted octanol–water partition coefficient (Wildman–Crippen LogP) is 3.63. The SMILES string of the molecule is CCOc1ccc(OCC(=O)NCCc2ccc(-n3nc(C)cc3C)cc2)cc1. The Balaban J connectivity index is 1.41. The summed E-state index contributed by atoms with van der Waals surface area (Å²) >= 11 is 0. The molecule has 0 radical (unpaired) electrons. The Morgan fingerprint density at radius 3 is 2.24 bits per heavy atom. The zero-order valence-electron chi connectivity index (χ0n) is 17.1. The van der Waals surface area contributed by atoms with Crippen LogP contribution in [0.3, 0.4) is 0 Å². The van der Waals surface area contributed by atoms with Gasteiger partial charge in [0, 0.05) is 12.2 Å². The first-order valence-corrected chi connectivity index (χ1v) is 9.80. The van der Waals surface area contributed by atoms with Gasteiger partial charge in [0.2, 0.25) is 0 Å². The summed E-state index contributed by atoms with van der Waals surface area (Å²) in [4.78, 5) is 12.0. The Hall–Kier alpha value is -3.28. The van der Waals surface area contributed by atoms with E-state index in [9.17, 15) is 4.79 Å². The lowest BCUT2D eigenvalue weighted by atomic mass is 10.1. The minimum atomic E-state index is -0.141. The molecule has 0 fully saturated rings. The third kappa shape index (κ3) is 5.85. The smallest absolute Gasteiger partial charge is 0.257 e. The van der Waals surface area contributed by atoms with Crippen LogP contribution in [0.25, 0.3) is 5.69 Å². The Bertz CT molecular complexity index is 931. The molecule has 1 N–H and O–H groups in total. The number of hydrogen-bond donors (Lipinski definition) is 1. The number of carbonyl (C=O) groups is 1. The van der Waals surface area contributed by atoms with Crippen LogP contribution >= 0.6 is 0 Å². The average molecular weight is 393 g/mol. The van der Waals surface area contributed by atoms with Crippen molar-refractivity contribution in [1.82, 2.24) is 15.1 Å². The quantitative estimate of drug-likeness (QED) is 0.603. The van der Waals surface area contributed by atoms with Crippen molar-refractivity contribution >= 4 is 5.91 Å². The maximum absolute atomic E-state index is 12.0. The fraction of sp³-hybridized carbons (Fsp3) is 0.304. The molecule has 0 spiro atoms. The summed E-state index contributed by atoms with van der Waals surface area (Å²) in [5.74, 6) is 1.29. The van der Waals surface area contributed by atoms with Crippen LogP contribution in [0.15, 0.2) is 54.6 Å². The zero-order chi connectivity index (χ0) is 20.6. The summed E-state index contributed by atoms with van der Waals surface area (Å²) in [6.45, 7) is 7.13. The number of aromatic nitrogens is 2. The third-order valence-electron chi connectivity index (χ3n) is 4.43. The summed E-state index contributed by atoms with van der Waals surface area (Å²) in [7, 11) is 0. The topological polar surface area (TPSA) is 65.4 Å². The van der Waals surface area contributed by atoms with Gasteiger partial charge in [-0.2, -0.15) is 5.10 Å². The average Bonchev–Trinajstić information content (AvgIpc) is 3.06. The molecule has 1 amide bonds. The van der Waals surface area contributed by atoms with E-state index in [1.54, 1.807) is 12.1 Å². The number of aryl methyl sites for hydroxylation is 2. The van der Waals surface area contributed by atoms with Crippen molar-refractivity contribution in [3.05, 3.63) is 71.5 Å². The maximum Gasteiger partial charge on any atom is 0.257 e. The van der Waals surface area contributed by atoms with Gasteiger partial charge in [-0.3, -0.25) is 4.79 Å². The predicted molar refractivity (Wildman–Crippen MR) is 113 cm³/mol. The molecule has 3 aromatic rings. The molecular formula is C23H27N3O3. The van der Waals surface area contributed by atoms with E-state index in [4.69, 9.17) is 9.47 Å². The molecule has 1 heterocycles. The van der Waals surface area contributed by atoms with E-state index in [2.05, 4.69) is 28.6 Å². The number of benzene rings is 2. The molecular weight excluding hydrogens is 366 g/mol. The molecule has 3 rings (SSSR count). The van der Waals surface area contributed by atoms with E-state index in [0.29, 0.717) is 18.9 Å². The van der Waals surface area contributed by atoms with E-state index >= 15 is 0 Å². The molecule has 1 aromatic heterocycles. The van der Waals surface area contributed by atoms with Crippen LogP contribution in [0, 0.1) is 13.8 Å². The standard InChI is InChI=1S/C23H27N3O3/c1-4-28-21-9-11-22(12-10-21)29-16-23(27)24-14-13-19-5-7-20(8-6-19)26-18(3)15-17(2)25-26/h5-12,15H,4,13-14,16H2,1-3H3,(H,24,27). The van der Waals surface area contributed by atoms with Gasteiger partial charge in [0.05, 0.1) is 18.0 Å². The van der Waals surface area contributed by atoms with E-state index in [1.165, 1.54) is 0 Å². The normalized spacial score (nSPS) is 10.6. The number of nitrogens with one attached hydrogen (secondary N) is 1. The summed E-state index contributed by atoms with van der Waals surface area (Å²) in [5.41, 5.74) is 4.30. The molecule has 6 heteroatoms. The van der Waals surface area contributed by atoms with Gasteiger partial charge in [-0.25, -0.2) is 4.68 Å². The van der Waals surface area contributed by atoms with E-state index < -0.39 is 0 Å². The number of hydrogen-bond acceptors (Lipinski definition) is 4. The number of carbonyl (C=O) groups excluding carboxylic acids is 1. The van der Waals surface area contributed by atoms with Crippen molar-refractivity contribution in [3.8, 4) is 17.2 Å². The number of nitrogens with zero attached hydrogens (tertiary/aromatic N) is 2. The molecule has 0 unspecified atom stereocenters. The van der Waals surface area contributed by atoms with Crippen molar-refractivity contribution < 1.29 is 14.3 Å². The number of amides is 1. The maximum atomic E-state index is 12.0.